The van der Waals surface area contributed by atoms with E-state index in [1.807, 2.05) is 0 Å². The molecular formula is C11H19NO5S. The van der Waals surface area contributed by atoms with Crippen LogP contribution < -0.4 is 5.32 Å². The molecule has 0 radical (unpaired) electrons. The van der Waals surface area contributed by atoms with Crippen LogP contribution in [0.15, 0.2) is 0 Å². The molecule has 18 heavy (non-hydrogen) atoms. The summed E-state index contributed by atoms with van der Waals surface area (Å²) in [5.74, 6) is -2.58. The summed E-state index contributed by atoms with van der Waals surface area (Å²) in [6, 6.07) is 0. The molecule has 6 nitrogen and oxygen atoms in total. The molecule has 1 amide bonds. The molecular weight excluding hydrogens is 258 g/mol. The molecule has 2 N–H and O–H groups in total. The predicted molar refractivity (Wildman–Crippen MR) is 65.9 cm³/mol. The highest BCUT2D eigenvalue weighted by atomic mass is 32.2. The molecule has 104 valence electrons. The fourth-order valence-corrected chi connectivity index (χ4v) is 3.60. The van der Waals surface area contributed by atoms with Crippen molar-refractivity contribution in [1.82, 2.24) is 5.32 Å². The Kier molecular flexibility index (Phi) is 4.37. The quantitative estimate of drug-likeness (QED) is 0.721. The van der Waals surface area contributed by atoms with Gasteiger partial charge < -0.3 is 10.4 Å². The first-order valence-electron chi connectivity index (χ1n) is 5.92. The van der Waals surface area contributed by atoms with E-state index in [9.17, 15) is 18.0 Å². The molecule has 0 heterocycles. The van der Waals surface area contributed by atoms with Gasteiger partial charge in [0.1, 0.15) is 11.3 Å². The Bertz CT molecular complexity index is 436. The lowest BCUT2D eigenvalue weighted by Gasteiger charge is -2.38. The van der Waals surface area contributed by atoms with Gasteiger partial charge in [-0.15, -0.1) is 0 Å². The molecule has 0 aromatic carbocycles. The van der Waals surface area contributed by atoms with Crippen molar-refractivity contribution in [2.24, 2.45) is 5.92 Å². The van der Waals surface area contributed by atoms with E-state index < -0.39 is 33.0 Å². The zero-order valence-electron chi connectivity index (χ0n) is 10.6. The molecule has 0 spiro atoms. The summed E-state index contributed by atoms with van der Waals surface area (Å²) >= 11 is 0. The molecule has 0 bridgehead atoms. The maximum Gasteiger partial charge on any atom is 0.329 e. The molecule has 0 saturated heterocycles. The first kappa shape index (κ1) is 14.9. The van der Waals surface area contributed by atoms with Crippen molar-refractivity contribution in [2.45, 2.75) is 38.6 Å². The van der Waals surface area contributed by atoms with Crippen LogP contribution in [-0.2, 0) is 19.4 Å². The summed E-state index contributed by atoms with van der Waals surface area (Å²) in [5.41, 5.74) is -1.25. The van der Waals surface area contributed by atoms with Crippen molar-refractivity contribution in [2.75, 3.05) is 11.5 Å². The van der Waals surface area contributed by atoms with Gasteiger partial charge in [0.25, 0.3) is 0 Å². The number of hydrogen-bond acceptors (Lipinski definition) is 4. The number of aliphatic carboxylic acids is 1. The Hall–Kier alpha value is -1.11. The van der Waals surface area contributed by atoms with Crippen molar-refractivity contribution in [3.8, 4) is 0 Å². The van der Waals surface area contributed by atoms with Crippen LogP contribution in [0.25, 0.3) is 0 Å². The summed E-state index contributed by atoms with van der Waals surface area (Å²) in [6.07, 6.45) is 1.45. The number of hydrogen-bond donors (Lipinski definition) is 2. The zero-order chi connectivity index (χ0) is 14.0. The Balaban J connectivity index is 2.59. The molecule has 0 aliphatic heterocycles. The van der Waals surface area contributed by atoms with Crippen molar-refractivity contribution >= 4 is 21.7 Å². The van der Waals surface area contributed by atoms with Crippen LogP contribution >= 0.6 is 0 Å². The second kappa shape index (κ2) is 5.26. The van der Waals surface area contributed by atoms with E-state index in [4.69, 9.17) is 5.11 Å². The lowest BCUT2D eigenvalue weighted by atomic mass is 9.77. The molecule has 1 aliphatic rings. The van der Waals surface area contributed by atoms with Gasteiger partial charge in [-0.05, 0) is 25.2 Å². The van der Waals surface area contributed by atoms with Gasteiger partial charge in [-0.25, -0.2) is 13.2 Å². The van der Waals surface area contributed by atoms with Crippen LogP contribution in [0.5, 0.6) is 0 Å². The molecule has 0 aromatic heterocycles. The largest absolute Gasteiger partial charge is 0.480 e. The Morgan fingerprint density at radius 3 is 2.22 bits per heavy atom. The third-order valence-electron chi connectivity index (χ3n) is 2.93. The summed E-state index contributed by atoms with van der Waals surface area (Å²) in [5, 5.41) is 11.4. The first-order valence-corrected chi connectivity index (χ1v) is 7.74. The van der Waals surface area contributed by atoms with Gasteiger partial charge in [0.15, 0.2) is 9.84 Å². The monoisotopic (exact) mass is 277 g/mol. The number of carboxylic acid groups (broad SMARTS) is 1. The molecule has 7 heteroatoms. The number of carbonyl (C=O) groups is 2. The van der Waals surface area contributed by atoms with E-state index in [-0.39, 0.29) is 11.7 Å². The highest BCUT2D eigenvalue weighted by molar-refractivity contribution is 7.92. The standard InChI is InChI=1S/C11H19NO5S/c1-8(2)6-18(16,17)7-9(13)12-11(10(14)15)4-3-5-11/h8H,3-7H2,1-2H3,(H,12,13)(H,14,15). The minimum atomic E-state index is -3.47. The number of nitrogens with one attached hydrogen (secondary N) is 1. The molecule has 0 unspecified atom stereocenters. The van der Waals surface area contributed by atoms with Gasteiger partial charge >= 0.3 is 5.97 Å². The van der Waals surface area contributed by atoms with E-state index in [1.165, 1.54) is 0 Å². The smallest absolute Gasteiger partial charge is 0.329 e. The van der Waals surface area contributed by atoms with E-state index in [2.05, 4.69) is 5.32 Å². The Labute approximate surface area is 107 Å². The highest BCUT2D eigenvalue weighted by Crippen LogP contribution is 2.31. The third-order valence-corrected chi connectivity index (χ3v) is 4.81. The van der Waals surface area contributed by atoms with Crippen LogP contribution in [0.1, 0.15) is 33.1 Å². The Morgan fingerprint density at radius 1 is 1.33 bits per heavy atom. The molecule has 0 aromatic rings. The van der Waals surface area contributed by atoms with E-state index in [0.717, 1.165) is 6.42 Å². The van der Waals surface area contributed by atoms with Gasteiger partial charge in [-0.2, -0.15) is 0 Å². The fourth-order valence-electron chi connectivity index (χ4n) is 1.99. The van der Waals surface area contributed by atoms with Crippen molar-refractivity contribution in [3.05, 3.63) is 0 Å². The second-order valence-electron chi connectivity index (χ2n) is 5.24. The number of carbonyl (C=O) groups excluding carboxylic acids is 1. The van der Waals surface area contributed by atoms with Crippen LogP contribution in [0.3, 0.4) is 0 Å². The molecule has 1 aliphatic carbocycles. The topological polar surface area (TPSA) is 101 Å². The summed E-state index contributed by atoms with van der Waals surface area (Å²) in [7, 11) is -3.47. The lowest BCUT2D eigenvalue weighted by Crippen LogP contribution is -2.60. The average Bonchev–Trinajstić information content (AvgIpc) is 2.06. The highest BCUT2D eigenvalue weighted by Gasteiger charge is 2.45. The molecule has 1 rings (SSSR count). The van der Waals surface area contributed by atoms with Crippen molar-refractivity contribution in [3.63, 3.8) is 0 Å². The SMILES string of the molecule is CC(C)CS(=O)(=O)CC(=O)NC1(C(=O)O)CCC1. The van der Waals surface area contributed by atoms with Crippen molar-refractivity contribution in [1.29, 1.82) is 0 Å². The van der Waals surface area contributed by atoms with Crippen LogP contribution in [0, 0.1) is 5.92 Å². The van der Waals surface area contributed by atoms with Crippen molar-refractivity contribution < 1.29 is 23.1 Å². The minimum absolute atomic E-state index is 0.0556. The van der Waals surface area contributed by atoms with Crippen LogP contribution in [0.4, 0.5) is 0 Å². The van der Waals surface area contributed by atoms with Gasteiger partial charge in [-0.3, -0.25) is 4.79 Å². The number of sulfone groups is 1. The summed E-state index contributed by atoms with van der Waals surface area (Å²) in [4.78, 5) is 22.6. The van der Waals surface area contributed by atoms with Gasteiger partial charge in [0.05, 0.1) is 5.75 Å². The zero-order valence-corrected chi connectivity index (χ0v) is 11.4. The minimum Gasteiger partial charge on any atom is -0.480 e. The van der Waals surface area contributed by atoms with E-state index >= 15 is 0 Å². The second-order valence-corrected chi connectivity index (χ2v) is 7.35. The number of rotatable bonds is 6. The lowest BCUT2D eigenvalue weighted by molar-refractivity contribution is -0.151. The summed E-state index contributed by atoms with van der Waals surface area (Å²) in [6.45, 7) is 3.50. The molecule has 0 atom stereocenters. The maximum atomic E-state index is 11.6. The fraction of sp³-hybridized carbons (Fsp3) is 0.818. The third kappa shape index (κ3) is 3.69. The predicted octanol–water partition coefficient (Wildman–Crippen LogP) is 0.181. The maximum absolute atomic E-state index is 11.6. The van der Waals surface area contributed by atoms with Crippen LogP contribution in [0.2, 0.25) is 0 Å². The van der Waals surface area contributed by atoms with Crippen LogP contribution in [-0.4, -0.2) is 42.4 Å². The molecule has 1 fully saturated rings. The van der Waals surface area contributed by atoms with E-state index in [1.54, 1.807) is 13.8 Å². The average molecular weight is 277 g/mol. The normalized spacial score (nSPS) is 18.2. The van der Waals surface area contributed by atoms with Gasteiger partial charge in [0.2, 0.25) is 5.91 Å². The van der Waals surface area contributed by atoms with E-state index in [0.29, 0.717) is 12.8 Å². The molecule has 1 saturated carbocycles. The summed E-state index contributed by atoms with van der Waals surface area (Å²) < 4.78 is 23.2. The Morgan fingerprint density at radius 2 is 1.89 bits per heavy atom. The first-order chi connectivity index (χ1) is 8.17. The van der Waals surface area contributed by atoms with Gasteiger partial charge in [-0.1, -0.05) is 13.8 Å². The number of carboxylic acids is 1. The van der Waals surface area contributed by atoms with Gasteiger partial charge in [0, 0.05) is 0 Å². The number of amides is 1.